The van der Waals surface area contributed by atoms with E-state index in [9.17, 15) is 22.4 Å². The van der Waals surface area contributed by atoms with Gasteiger partial charge in [-0.15, -0.1) is 0 Å². The van der Waals surface area contributed by atoms with Crippen LogP contribution in [0.1, 0.15) is 23.4 Å². The number of hydrogen-bond donors (Lipinski definition) is 1. The second kappa shape index (κ2) is 7.85. The molecule has 0 saturated carbocycles. The van der Waals surface area contributed by atoms with Crippen molar-refractivity contribution in [2.75, 3.05) is 5.32 Å². The molecule has 0 aliphatic carbocycles. The highest BCUT2D eigenvalue weighted by atomic mass is 79.9. The average molecular weight is 424 g/mol. The van der Waals surface area contributed by atoms with E-state index in [4.69, 9.17) is 0 Å². The van der Waals surface area contributed by atoms with E-state index in [-0.39, 0.29) is 22.5 Å². The Hall–Kier alpha value is -2.10. The summed E-state index contributed by atoms with van der Waals surface area (Å²) < 4.78 is 56.2. The zero-order valence-corrected chi connectivity index (χ0v) is 14.8. The third kappa shape index (κ3) is 4.71. The number of nitrogens with one attached hydrogen (secondary N) is 1. The number of carbonyl (C=O) groups excluding carboxylic acids is 1. The zero-order valence-electron chi connectivity index (χ0n) is 13.2. The first-order valence-corrected chi connectivity index (χ1v) is 7.84. The van der Waals surface area contributed by atoms with Crippen LogP contribution in [0.2, 0.25) is 0 Å². The van der Waals surface area contributed by atoms with Crippen molar-refractivity contribution in [2.45, 2.75) is 33.4 Å². The third-order valence-corrected chi connectivity index (χ3v) is 4.27. The maximum absolute atomic E-state index is 12.8. The van der Waals surface area contributed by atoms with Crippen molar-refractivity contribution in [2.24, 2.45) is 0 Å². The monoisotopic (exact) mass is 423 g/mol. The quantitative estimate of drug-likeness (QED) is 0.698. The number of benzene rings is 1. The summed E-state index contributed by atoms with van der Waals surface area (Å²) in [4.78, 5) is 12.1. The Morgan fingerprint density at radius 2 is 2.00 bits per heavy atom. The lowest BCUT2D eigenvalue weighted by Gasteiger charge is -2.13. The SMILES string of the molecule is Cc1ccc(NC(=O)Cn2nc(C(F)F)c(Br)c2C)c(OC(F)F)c1. The molecule has 2 rings (SSSR count). The second-order valence-corrected chi connectivity index (χ2v) is 5.96. The van der Waals surface area contributed by atoms with Crippen LogP contribution >= 0.6 is 15.9 Å². The summed E-state index contributed by atoms with van der Waals surface area (Å²) in [7, 11) is 0. The average Bonchev–Trinajstić information content (AvgIpc) is 2.78. The van der Waals surface area contributed by atoms with E-state index < -0.39 is 24.6 Å². The summed E-state index contributed by atoms with van der Waals surface area (Å²) in [5, 5.41) is 6.10. The summed E-state index contributed by atoms with van der Waals surface area (Å²) in [5.74, 6) is -0.808. The van der Waals surface area contributed by atoms with Gasteiger partial charge in [0.05, 0.1) is 15.9 Å². The maximum atomic E-state index is 12.8. The van der Waals surface area contributed by atoms with Crippen LogP contribution in [0, 0.1) is 13.8 Å². The molecule has 25 heavy (non-hydrogen) atoms. The lowest BCUT2D eigenvalue weighted by Crippen LogP contribution is -2.21. The number of amides is 1. The number of hydrogen-bond acceptors (Lipinski definition) is 3. The van der Waals surface area contributed by atoms with Gasteiger partial charge >= 0.3 is 6.61 Å². The molecule has 0 bridgehead atoms. The van der Waals surface area contributed by atoms with Gasteiger partial charge in [-0.2, -0.15) is 13.9 Å². The summed E-state index contributed by atoms with van der Waals surface area (Å²) in [5.41, 5.74) is 0.594. The van der Waals surface area contributed by atoms with Crippen molar-refractivity contribution in [3.8, 4) is 5.75 Å². The molecular formula is C15H14BrF4N3O2. The van der Waals surface area contributed by atoms with Crippen LogP contribution in [-0.4, -0.2) is 22.3 Å². The molecule has 10 heteroatoms. The van der Waals surface area contributed by atoms with Crippen LogP contribution in [0.4, 0.5) is 23.2 Å². The summed E-state index contributed by atoms with van der Waals surface area (Å²) >= 11 is 3.01. The van der Waals surface area contributed by atoms with Crippen molar-refractivity contribution in [3.63, 3.8) is 0 Å². The Bertz CT molecular complexity index is 780. The van der Waals surface area contributed by atoms with Gasteiger partial charge < -0.3 is 10.1 Å². The zero-order chi connectivity index (χ0) is 18.7. The van der Waals surface area contributed by atoms with E-state index in [2.05, 4.69) is 31.1 Å². The van der Waals surface area contributed by atoms with Crippen LogP contribution in [0.15, 0.2) is 22.7 Å². The highest BCUT2D eigenvalue weighted by Gasteiger charge is 2.21. The maximum Gasteiger partial charge on any atom is 0.387 e. The van der Waals surface area contributed by atoms with Gasteiger partial charge in [0.25, 0.3) is 6.43 Å². The largest absolute Gasteiger partial charge is 0.433 e. The molecule has 136 valence electrons. The number of rotatable bonds is 6. The number of halogens is 5. The van der Waals surface area contributed by atoms with Crippen LogP contribution in [0.25, 0.3) is 0 Å². The first-order valence-electron chi connectivity index (χ1n) is 7.05. The summed E-state index contributed by atoms with van der Waals surface area (Å²) in [6.07, 6.45) is -2.79. The smallest absolute Gasteiger partial charge is 0.387 e. The number of anilines is 1. The number of alkyl halides is 4. The minimum atomic E-state index is -3.05. The van der Waals surface area contributed by atoms with E-state index >= 15 is 0 Å². The molecule has 1 aromatic carbocycles. The second-order valence-electron chi connectivity index (χ2n) is 5.17. The number of nitrogens with zero attached hydrogens (tertiary/aromatic N) is 2. The van der Waals surface area contributed by atoms with Crippen LogP contribution < -0.4 is 10.1 Å². The molecule has 1 N–H and O–H groups in total. The Balaban J connectivity index is 2.17. The van der Waals surface area contributed by atoms with Gasteiger partial charge in [0.1, 0.15) is 18.0 Å². The molecule has 5 nitrogen and oxygen atoms in total. The highest BCUT2D eigenvalue weighted by molar-refractivity contribution is 9.10. The van der Waals surface area contributed by atoms with Gasteiger partial charge in [0.15, 0.2) is 0 Å². The minimum Gasteiger partial charge on any atom is -0.433 e. The Morgan fingerprint density at radius 3 is 2.56 bits per heavy atom. The Labute approximate surface area is 149 Å². The number of aromatic nitrogens is 2. The molecule has 0 radical (unpaired) electrons. The predicted octanol–water partition coefficient (Wildman–Crippen LogP) is 4.44. The molecule has 0 saturated heterocycles. The molecule has 0 aliphatic rings. The summed E-state index contributed by atoms with van der Waals surface area (Å²) in [6, 6.07) is 4.38. The van der Waals surface area contributed by atoms with Gasteiger partial charge in [-0.05, 0) is 47.5 Å². The molecule has 2 aromatic rings. The van der Waals surface area contributed by atoms with Crippen LogP contribution in [0.5, 0.6) is 5.75 Å². The van der Waals surface area contributed by atoms with Gasteiger partial charge in [-0.1, -0.05) is 6.07 Å². The molecule has 0 fully saturated rings. The number of aryl methyl sites for hydroxylation is 1. The molecule has 0 unspecified atom stereocenters. The Morgan fingerprint density at radius 1 is 1.32 bits per heavy atom. The van der Waals surface area contributed by atoms with E-state index in [1.165, 1.54) is 19.1 Å². The number of ether oxygens (including phenoxy) is 1. The lowest BCUT2D eigenvalue weighted by atomic mass is 10.2. The van der Waals surface area contributed by atoms with Crippen molar-refractivity contribution >= 4 is 27.5 Å². The Kier molecular flexibility index (Phi) is 6.04. The molecule has 1 amide bonds. The fourth-order valence-electron chi connectivity index (χ4n) is 2.09. The first kappa shape index (κ1) is 19.2. The third-order valence-electron chi connectivity index (χ3n) is 3.29. The number of carbonyl (C=O) groups is 1. The molecule has 1 aromatic heterocycles. The topological polar surface area (TPSA) is 56.2 Å². The van der Waals surface area contributed by atoms with E-state index in [0.717, 1.165) is 4.68 Å². The molecule has 0 aliphatic heterocycles. The van der Waals surface area contributed by atoms with Gasteiger partial charge in [0.2, 0.25) is 5.91 Å². The van der Waals surface area contributed by atoms with Gasteiger partial charge in [0, 0.05) is 0 Å². The van der Waals surface area contributed by atoms with Gasteiger partial charge in [-0.25, -0.2) is 8.78 Å². The fourth-order valence-corrected chi connectivity index (χ4v) is 2.55. The molecular weight excluding hydrogens is 410 g/mol. The van der Waals surface area contributed by atoms with Gasteiger partial charge in [-0.3, -0.25) is 9.48 Å². The minimum absolute atomic E-state index is 0.0499. The first-order chi connectivity index (χ1) is 11.7. The summed E-state index contributed by atoms with van der Waals surface area (Å²) in [6.45, 7) is -0.206. The lowest BCUT2D eigenvalue weighted by molar-refractivity contribution is -0.117. The van der Waals surface area contributed by atoms with E-state index in [1.807, 2.05) is 0 Å². The van der Waals surface area contributed by atoms with Crippen molar-refractivity contribution in [1.29, 1.82) is 0 Å². The van der Waals surface area contributed by atoms with Crippen LogP contribution in [-0.2, 0) is 11.3 Å². The van der Waals surface area contributed by atoms with E-state index in [1.54, 1.807) is 13.0 Å². The predicted molar refractivity (Wildman–Crippen MR) is 86.1 cm³/mol. The van der Waals surface area contributed by atoms with Crippen molar-refractivity contribution in [1.82, 2.24) is 9.78 Å². The molecule has 0 atom stereocenters. The van der Waals surface area contributed by atoms with Crippen molar-refractivity contribution < 1.29 is 27.1 Å². The van der Waals surface area contributed by atoms with Crippen molar-refractivity contribution in [3.05, 3.63) is 39.6 Å². The molecule has 0 spiro atoms. The fraction of sp³-hybridized carbons (Fsp3) is 0.333. The molecule has 1 heterocycles. The highest BCUT2D eigenvalue weighted by Crippen LogP contribution is 2.30. The van der Waals surface area contributed by atoms with Crippen LogP contribution in [0.3, 0.4) is 0 Å². The normalized spacial score (nSPS) is 11.2. The van der Waals surface area contributed by atoms with E-state index in [0.29, 0.717) is 11.3 Å². The standard InChI is InChI=1S/C15H14BrF4N3O2/c1-7-3-4-9(10(5-7)25-15(19)20)21-11(24)6-23-8(2)12(16)13(22-23)14(17)18/h3-5,14-15H,6H2,1-2H3,(H,21,24).